The van der Waals surface area contributed by atoms with E-state index in [1.54, 1.807) is 0 Å². The molecule has 0 unspecified atom stereocenters. The van der Waals surface area contributed by atoms with Crippen molar-refractivity contribution in [1.82, 2.24) is 0 Å². The second kappa shape index (κ2) is 6.74. The van der Waals surface area contributed by atoms with E-state index in [0.29, 0.717) is 0 Å². The van der Waals surface area contributed by atoms with Crippen molar-refractivity contribution in [2.24, 2.45) is 0 Å². The lowest BCUT2D eigenvalue weighted by atomic mass is 9.31. The number of benzene rings is 5. The molecule has 5 aromatic rings. The molecule has 3 heterocycles. The smallest absolute Gasteiger partial charge is 0.261 e. The van der Waals surface area contributed by atoms with E-state index in [1.165, 1.54) is 66.5 Å². The molecule has 0 spiro atoms. The third-order valence-corrected chi connectivity index (χ3v) is 8.72. The zero-order chi connectivity index (χ0) is 24.4. The predicted molar refractivity (Wildman–Crippen MR) is 150 cm³/mol. The van der Waals surface area contributed by atoms with Crippen LogP contribution in [0.25, 0.3) is 22.3 Å². The Morgan fingerprint density at radius 2 is 1.35 bits per heavy atom. The van der Waals surface area contributed by atoms with Crippen LogP contribution in [0.3, 0.4) is 0 Å². The van der Waals surface area contributed by atoms with Gasteiger partial charge in [-0.15, -0.1) is 0 Å². The SMILES string of the molecule is Cc1cccc(-c2cc3c4c(c2)Oc2cc5c(c6c2B4c2c(cccc2O3)C6)-c2cc(C)ccc2C5)c1. The third kappa shape index (κ3) is 2.56. The maximum atomic E-state index is 6.81. The summed E-state index contributed by atoms with van der Waals surface area (Å²) >= 11 is 0. The van der Waals surface area contributed by atoms with Crippen LogP contribution < -0.4 is 25.9 Å². The van der Waals surface area contributed by atoms with Gasteiger partial charge in [-0.25, -0.2) is 0 Å². The summed E-state index contributed by atoms with van der Waals surface area (Å²) in [4.78, 5) is 0. The van der Waals surface area contributed by atoms with Crippen LogP contribution in [-0.4, -0.2) is 6.71 Å². The molecule has 0 amide bonds. The van der Waals surface area contributed by atoms with Crippen molar-refractivity contribution in [2.75, 3.05) is 0 Å². The number of ether oxygens (including phenoxy) is 2. The molecule has 5 aromatic carbocycles. The molecule has 0 radical (unpaired) electrons. The highest BCUT2D eigenvalue weighted by Crippen LogP contribution is 2.47. The quantitative estimate of drug-likeness (QED) is 0.265. The van der Waals surface area contributed by atoms with Crippen LogP contribution in [0.4, 0.5) is 0 Å². The maximum absolute atomic E-state index is 6.81. The minimum atomic E-state index is 0.142. The summed E-state index contributed by atoms with van der Waals surface area (Å²) in [6.07, 6.45) is 1.88. The Kier molecular flexibility index (Phi) is 3.63. The third-order valence-electron chi connectivity index (χ3n) is 8.72. The number of aryl methyl sites for hydroxylation is 2. The van der Waals surface area contributed by atoms with Gasteiger partial charge in [0.25, 0.3) is 6.71 Å². The topological polar surface area (TPSA) is 18.5 Å². The first-order valence-electron chi connectivity index (χ1n) is 13.1. The van der Waals surface area contributed by atoms with E-state index in [2.05, 4.69) is 92.7 Å². The normalized spacial score (nSPS) is 14.4. The van der Waals surface area contributed by atoms with Gasteiger partial charge >= 0.3 is 0 Å². The van der Waals surface area contributed by atoms with Gasteiger partial charge in [-0.2, -0.15) is 0 Å². The number of hydrogen-bond donors (Lipinski definition) is 0. The molecule has 0 N–H and O–H groups in total. The molecule has 174 valence electrons. The van der Waals surface area contributed by atoms with Crippen LogP contribution in [0.1, 0.15) is 33.4 Å². The van der Waals surface area contributed by atoms with Crippen molar-refractivity contribution in [2.45, 2.75) is 26.7 Å². The number of hydrogen-bond acceptors (Lipinski definition) is 2. The van der Waals surface area contributed by atoms with Crippen molar-refractivity contribution < 1.29 is 9.47 Å². The summed E-state index contributed by atoms with van der Waals surface area (Å²) in [5.41, 5.74) is 17.2. The molecule has 1 aliphatic carbocycles. The predicted octanol–water partition coefficient (Wildman–Crippen LogP) is 6.17. The minimum Gasteiger partial charge on any atom is -0.458 e. The molecule has 3 aliphatic heterocycles. The zero-order valence-electron chi connectivity index (χ0n) is 20.8. The Labute approximate surface area is 216 Å². The lowest BCUT2D eigenvalue weighted by Gasteiger charge is -2.39. The first-order valence-corrected chi connectivity index (χ1v) is 13.1. The van der Waals surface area contributed by atoms with Crippen LogP contribution in [0.5, 0.6) is 23.0 Å². The zero-order valence-corrected chi connectivity index (χ0v) is 20.8. The molecule has 0 saturated heterocycles. The van der Waals surface area contributed by atoms with Gasteiger partial charge in [-0.05, 0) is 106 Å². The van der Waals surface area contributed by atoms with Gasteiger partial charge in [0.05, 0.1) is 0 Å². The van der Waals surface area contributed by atoms with Gasteiger partial charge in [0.2, 0.25) is 0 Å². The van der Waals surface area contributed by atoms with E-state index in [-0.39, 0.29) is 6.71 Å². The summed E-state index contributed by atoms with van der Waals surface area (Å²) in [6.45, 7) is 4.47. The van der Waals surface area contributed by atoms with Crippen molar-refractivity contribution in [1.29, 1.82) is 0 Å². The van der Waals surface area contributed by atoms with Crippen molar-refractivity contribution in [3.05, 3.63) is 112 Å². The van der Waals surface area contributed by atoms with Crippen molar-refractivity contribution in [3.8, 4) is 45.3 Å². The van der Waals surface area contributed by atoms with Crippen LogP contribution in [0, 0.1) is 13.8 Å². The average molecular weight is 474 g/mol. The molecule has 9 rings (SSSR count). The molecule has 0 aromatic heterocycles. The van der Waals surface area contributed by atoms with Gasteiger partial charge in [-0.3, -0.25) is 0 Å². The molecule has 3 heteroatoms. The highest BCUT2D eigenvalue weighted by atomic mass is 16.5. The van der Waals surface area contributed by atoms with Crippen molar-refractivity contribution >= 4 is 23.1 Å². The molecule has 0 fully saturated rings. The summed E-state index contributed by atoms with van der Waals surface area (Å²) in [6, 6.07) is 28.9. The molecular weight excluding hydrogens is 451 g/mol. The standard InChI is InChI=1S/C34H23BO2/c1-18-5-3-6-20(11-18)23-15-29-34-30(16-23)37-28-17-24-13-21-10-9-19(2)12-25(21)31(24)26-14-22-7-4-8-27(36-29)32(22)35(34)33(26)28/h3-12,15-17H,13-14H2,1-2H3. The van der Waals surface area contributed by atoms with Gasteiger partial charge in [0.15, 0.2) is 0 Å². The van der Waals surface area contributed by atoms with Crippen LogP contribution >= 0.6 is 0 Å². The van der Waals surface area contributed by atoms with Crippen LogP contribution in [0.2, 0.25) is 0 Å². The molecule has 4 aliphatic rings. The van der Waals surface area contributed by atoms with Gasteiger partial charge in [0, 0.05) is 5.46 Å². The molecular formula is C34H23BO2. The largest absolute Gasteiger partial charge is 0.458 e. The summed E-state index contributed by atoms with van der Waals surface area (Å²) in [7, 11) is 0. The highest BCUT2D eigenvalue weighted by molar-refractivity contribution is 6.99. The first kappa shape index (κ1) is 19.9. The van der Waals surface area contributed by atoms with Crippen LogP contribution in [0.15, 0.2) is 78.9 Å². The summed E-state index contributed by atoms with van der Waals surface area (Å²) in [5.74, 6) is 3.84. The molecule has 0 bridgehead atoms. The van der Waals surface area contributed by atoms with E-state index < -0.39 is 0 Å². The Hall–Kier alpha value is -4.24. The van der Waals surface area contributed by atoms with Gasteiger partial charge in [0.1, 0.15) is 23.0 Å². The molecule has 37 heavy (non-hydrogen) atoms. The van der Waals surface area contributed by atoms with Gasteiger partial charge < -0.3 is 9.47 Å². The van der Waals surface area contributed by atoms with E-state index in [4.69, 9.17) is 9.47 Å². The first-order chi connectivity index (χ1) is 18.1. The van der Waals surface area contributed by atoms with E-state index in [1.807, 2.05) is 0 Å². The Morgan fingerprint density at radius 1 is 0.568 bits per heavy atom. The highest BCUT2D eigenvalue weighted by Gasteiger charge is 2.46. The maximum Gasteiger partial charge on any atom is 0.261 e. The van der Waals surface area contributed by atoms with Crippen LogP contribution in [-0.2, 0) is 12.8 Å². The Morgan fingerprint density at radius 3 is 2.22 bits per heavy atom. The number of fused-ring (bicyclic) bond motifs is 4. The second-order valence-corrected chi connectivity index (χ2v) is 11.0. The fourth-order valence-corrected chi connectivity index (χ4v) is 7.19. The number of rotatable bonds is 1. The Balaban J connectivity index is 1.34. The van der Waals surface area contributed by atoms with Crippen molar-refractivity contribution in [3.63, 3.8) is 0 Å². The monoisotopic (exact) mass is 474 g/mol. The Bertz CT molecular complexity index is 1870. The average Bonchev–Trinajstić information content (AvgIpc) is 3.26. The van der Waals surface area contributed by atoms with Gasteiger partial charge in [-0.1, -0.05) is 65.7 Å². The molecule has 0 saturated carbocycles. The van der Waals surface area contributed by atoms with E-state index in [0.717, 1.165) is 41.4 Å². The fourth-order valence-electron chi connectivity index (χ4n) is 7.19. The lowest BCUT2D eigenvalue weighted by Crippen LogP contribution is -2.61. The lowest BCUT2D eigenvalue weighted by molar-refractivity contribution is 0.463. The molecule has 0 atom stereocenters. The molecule has 2 nitrogen and oxygen atoms in total. The van der Waals surface area contributed by atoms with E-state index in [9.17, 15) is 0 Å². The fraction of sp³-hybridized carbons (Fsp3) is 0.118. The summed E-state index contributed by atoms with van der Waals surface area (Å²) in [5, 5.41) is 0. The second-order valence-electron chi connectivity index (χ2n) is 11.0. The van der Waals surface area contributed by atoms with E-state index >= 15 is 0 Å². The summed E-state index contributed by atoms with van der Waals surface area (Å²) < 4.78 is 13.4. The minimum absolute atomic E-state index is 0.142.